The third-order valence-electron chi connectivity index (χ3n) is 3.06. The second-order valence-electron chi connectivity index (χ2n) is 6.61. The lowest BCUT2D eigenvalue weighted by Crippen LogP contribution is -2.43. The van der Waals surface area contributed by atoms with E-state index in [0.717, 1.165) is 5.56 Å². The maximum absolute atomic E-state index is 11.9. The quantitative estimate of drug-likeness (QED) is 0.852. The molecule has 0 spiro atoms. The van der Waals surface area contributed by atoms with E-state index in [1.165, 1.54) is 0 Å². The van der Waals surface area contributed by atoms with Crippen LogP contribution in [0.15, 0.2) is 24.3 Å². The number of ketones is 1. The van der Waals surface area contributed by atoms with E-state index in [4.69, 9.17) is 4.74 Å². The summed E-state index contributed by atoms with van der Waals surface area (Å²) in [4.78, 5) is 23.5. The number of nitrogens with one attached hydrogen (secondary N) is 1. The Labute approximate surface area is 126 Å². The molecule has 1 N–H and O–H groups in total. The largest absolute Gasteiger partial charge is 0.444 e. The Bertz CT molecular complexity index is 510. The van der Waals surface area contributed by atoms with Crippen LogP contribution >= 0.6 is 0 Å². The van der Waals surface area contributed by atoms with Gasteiger partial charge in [0.05, 0.1) is 5.54 Å². The van der Waals surface area contributed by atoms with Gasteiger partial charge in [-0.3, -0.25) is 4.79 Å². The molecule has 0 aromatic heterocycles. The monoisotopic (exact) mass is 291 g/mol. The summed E-state index contributed by atoms with van der Waals surface area (Å²) >= 11 is 0. The van der Waals surface area contributed by atoms with Gasteiger partial charge >= 0.3 is 6.09 Å². The minimum atomic E-state index is -0.573. The lowest BCUT2D eigenvalue weighted by atomic mass is 9.93. The highest BCUT2D eigenvalue weighted by Gasteiger charge is 2.26. The topological polar surface area (TPSA) is 55.4 Å². The van der Waals surface area contributed by atoms with Gasteiger partial charge in [-0.15, -0.1) is 0 Å². The number of hydrogen-bond donors (Lipinski definition) is 1. The van der Waals surface area contributed by atoms with E-state index in [1.54, 1.807) is 12.1 Å². The summed E-state index contributed by atoms with van der Waals surface area (Å²) in [7, 11) is 0. The molecule has 4 nitrogen and oxygen atoms in total. The molecule has 0 bridgehead atoms. The van der Waals surface area contributed by atoms with Crippen LogP contribution in [0, 0.1) is 0 Å². The molecular formula is C17H25NO3. The molecule has 0 radical (unpaired) electrons. The van der Waals surface area contributed by atoms with Crippen LogP contribution in [0.4, 0.5) is 4.79 Å². The highest BCUT2D eigenvalue weighted by atomic mass is 16.6. The van der Waals surface area contributed by atoms with Crippen molar-refractivity contribution in [1.29, 1.82) is 0 Å². The zero-order valence-electron chi connectivity index (χ0n) is 13.7. The van der Waals surface area contributed by atoms with Crippen molar-refractivity contribution in [2.45, 2.75) is 59.1 Å². The van der Waals surface area contributed by atoms with Crippen molar-refractivity contribution in [3.63, 3.8) is 0 Å². The van der Waals surface area contributed by atoms with Crippen LogP contribution in [0.2, 0.25) is 0 Å². The first-order valence-corrected chi connectivity index (χ1v) is 7.20. The molecule has 0 unspecified atom stereocenters. The van der Waals surface area contributed by atoms with Gasteiger partial charge < -0.3 is 10.1 Å². The molecule has 0 aliphatic carbocycles. The maximum Gasteiger partial charge on any atom is 0.408 e. The minimum Gasteiger partial charge on any atom is -0.444 e. The SMILES string of the molecule is CCC(=O)c1ccc(C(C)(C)NC(=O)OC(C)(C)C)cc1. The predicted molar refractivity (Wildman–Crippen MR) is 83.5 cm³/mol. The smallest absolute Gasteiger partial charge is 0.408 e. The molecular weight excluding hydrogens is 266 g/mol. The van der Waals surface area contributed by atoms with Crippen LogP contribution < -0.4 is 5.32 Å². The third kappa shape index (κ3) is 5.21. The molecule has 4 heteroatoms. The second kappa shape index (κ2) is 6.29. The minimum absolute atomic E-state index is 0.111. The van der Waals surface area contributed by atoms with E-state index in [1.807, 2.05) is 53.7 Å². The highest BCUT2D eigenvalue weighted by molar-refractivity contribution is 5.95. The Morgan fingerprint density at radius 2 is 1.57 bits per heavy atom. The summed E-state index contributed by atoms with van der Waals surface area (Å²) in [6.45, 7) is 11.1. The summed E-state index contributed by atoms with van der Waals surface area (Å²) in [6, 6.07) is 7.31. The number of carbonyl (C=O) groups excluding carboxylic acids is 2. The van der Waals surface area contributed by atoms with Crippen LogP contribution in [-0.4, -0.2) is 17.5 Å². The van der Waals surface area contributed by atoms with Gasteiger partial charge in [0.2, 0.25) is 0 Å². The average Bonchev–Trinajstić information content (AvgIpc) is 2.35. The summed E-state index contributed by atoms with van der Waals surface area (Å²) in [5, 5.41) is 2.85. The lowest BCUT2D eigenvalue weighted by Gasteiger charge is -2.29. The van der Waals surface area contributed by atoms with Crippen molar-refractivity contribution in [1.82, 2.24) is 5.32 Å². The van der Waals surface area contributed by atoms with Gasteiger partial charge in [0.15, 0.2) is 5.78 Å². The van der Waals surface area contributed by atoms with E-state index in [0.29, 0.717) is 12.0 Å². The number of benzene rings is 1. The predicted octanol–water partition coefficient (Wildman–Crippen LogP) is 4.04. The molecule has 0 heterocycles. The van der Waals surface area contributed by atoms with Crippen molar-refractivity contribution in [2.24, 2.45) is 0 Å². The van der Waals surface area contributed by atoms with E-state index in [2.05, 4.69) is 5.32 Å². The molecule has 21 heavy (non-hydrogen) atoms. The molecule has 0 saturated heterocycles. The van der Waals surface area contributed by atoms with Crippen molar-refractivity contribution < 1.29 is 14.3 Å². The average molecular weight is 291 g/mol. The van der Waals surface area contributed by atoms with Crippen LogP contribution in [0.25, 0.3) is 0 Å². The van der Waals surface area contributed by atoms with Crippen molar-refractivity contribution in [2.75, 3.05) is 0 Å². The van der Waals surface area contributed by atoms with E-state index < -0.39 is 17.2 Å². The Balaban J connectivity index is 2.83. The van der Waals surface area contributed by atoms with Gasteiger partial charge in [0.1, 0.15) is 5.60 Å². The molecule has 0 atom stereocenters. The molecule has 0 aliphatic heterocycles. The molecule has 1 amide bonds. The standard InChI is InChI=1S/C17H25NO3/c1-7-14(19)12-8-10-13(11-9-12)17(5,6)18-15(20)21-16(2,3)4/h8-11H,7H2,1-6H3,(H,18,20). The van der Waals surface area contributed by atoms with E-state index >= 15 is 0 Å². The number of hydrogen-bond acceptors (Lipinski definition) is 3. The van der Waals surface area contributed by atoms with Crippen molar-refractivity contribution in [3.8, 4) is 0 Å². The molecule has 1 rings (SSSR count). The zero-order chi connectivity index (χ0) is 16.3. The van der Waals surface area contributed by atoms with Crippen LogP contribution in [0.5, 0.6) is 0 Å². The number of amides is 1. The third-order valence-corrected chi connectivity index (χ3v) is 3.06. The van der Waals surface area contributed by atoms with Gasteiger partial charge in [0, 0.05) is 12.0 Å². The van der Waals surface area contributed by atoms with Crippen LogP contribution in [0.3, 0.4) is 0 Å². The van der Waals surface area contributed by atoms with E-state index in [-0.39, 0.29) is 5.78 Å². The lowest BCUT2D eigenvalue weighted by molar-refractivity contribution is 0.0470. The van der Waals surface area contributed by atoms with Gasteiger partial charge in [-0.1, -0.05) is 31.2 Å². The maximum atomic E-state index is 11.9. The van der Waals surface area contributed by atoms with Crippen molar-refractivity contribution >= 4 is 11.9 Å². The number of rotatable bonds is 4. The molecule has 116 valence electrons. The fourth-order valence-corrected chi connectivity index (χ4v) is 1.91. The summed E-state index contributed by atoms with van der Waals surface area (Å²) in [5.41, 5.74) is 0.503. The van der Waals surface area contributed by atoms with Crippen LogP contribution in [0.1, 0.15) is 63.9 Å². The highest BCUT2D eigenvalue weighted by Crippen LogP contribution is 2.21. The first-order chi connectivity index (χ1) is 9.55. The summed E-state index contributed by atoms with van der Waals surface area (Å²) < 4.78 is 5.27. The van der Waals surface area contributed by atoms with Gasteiger partial charge in [-0.25, -0.2) is 4.79 Å². The van der Waals surface area contributed by atoms with Crippen LogP contribution in [-0.2, 0) is 10.3 Å². The molecule has 0 saturated carbocycles. The fraction of sp³-hybridized carbons (Fsp3) is 0.529. The summed E-state index contributed by atoms with van der Waals surface area (Å²) in [6.07, 6.45) is 0.0278. The Hall–Kier alpha value is -1.84. The Morgan fingerprint density at radius 3 is 2.00 bits per heavy atom. The Morgan fingerprint density at radius 1 is 1.05 bits per heavy atom. The number of Topliss-reactive ketones (excluding diaryl/α,β-unsaturated/α-hetero) is 1. The van der Waals surface area contributed by atoms with Gasteiger partial charge in [-0.2, -0.15) is 0 Å². The number of carbonyl (C=O) groups is 2. The van der Waals surface area contributed by atoms with E-state index in [9.17, 15) is 9.59 Å². The molecule has 0 aliphatic rings. The molecule has 1 aromatic carbocycles. The summed E-state index contributed by atoms with van der Waals surface area (Å²) in [5.74, 6) is 0.111. The first-order valence-electron chi connectivity index (χ1n) is 7.20. The second-order valence-corrected chi connectivity index (χ2v) is 6.61. The first kappa shape index (κ1) is 17.2. The zero-order valence-corrected chi connectivity index (χ0v) is 13.7. The van der Waals surface area contributed by atoms with Gasteiger partial charge in [-0.05, 0) is 40.2 Å². The Kier molecular flexibility index (Phi) is 5.15. The number of alkyl carbamates (subject to hydrolysis) is 1. The molecule has 1 aromatic rings. The number of ether oxygens (including phenoxy) is 1. The normalized spacial score (nSPS) is 11.9. The molecule has 0 fully saturated rings. The van der Waals surface area contributed by atoms with Gasteiger partial charge in [0.25, 0.3) is 0 Å². The van der Waals surface area contributed by atoms with Crippen molar-refractivity contribution in [3.05, 3.63) is 35.4 Å². The fourth-order valence-electron chi connectivity index (χ4n) is 1.91.